The molecule has 3 rings (SSSR count). The third kappa shape index (κ3) is 2.66. The smallest absolute Gasteiger partial charge is 0.459 e. The Hall–Kier alpha value is -2.69. The summed E-state index contributed by atoms with van der Waals surface area (Å²) in [6.45, 7) is 0.680. The number of aromatic nitrogens is 2. The van der Waals surface area contributed by atoms with Crippen LogP contribution in [0.3, 0.4) is 0 Å². The normalized spacial score (nSPS) is 31.2. The molecule has 2 aliphatic rings. The molecule has 11 heteroatoms. The number of nitrogens with zero attached hydrogens (tertiary/aromatic N) is 1. The maximum absolute atomic E-state index is 15.0. The van der Waals surface area contributed by atoms with Gasteiger partial charge in [-0.3, -0.25) is 19.1 Å². The molecule has 0 radical (unpaired) electrons. The monoisotopic (exact) mass is 344 g/mol. The van der Waals surface area contributed by atoms with Crippen LogP contribution in [0.1, 0.15) is 19.6 Å². The highest BCUT2D eigenvalue weighted by Crippen LogP contribution is 2.44. The zero-order chi connectivity index (χ0) is 17.5. The van der Waals surface area contributed by atoms with Crippen molar-refractivity contribution in [1.29, 1.82) is 0 Å². The molecule has 10 nitrogen and oxygen atoms in total. The van der Waals surface area contributed by atoms with E-state index in [1.807, 2.05) is 4.98 Å². The molecular weight excluding hydrogens is 331 g/mol. The van der Waals surface area contributed by atoms with E-state index < -0.39 is 54.3 Å². The van der Waals surface area contributed by atoms with Crippen LogP contribution in [-0.4, -0.2) is 46.3 Å². The number of carbonyl (C=O) groups excluding carboxylic acids is 2. The van der Waals surface area contributed by atoms with Gasteiger partial charge in [0.05, 0.1) is 0 Å². The van der Waals surface area contributed by atoms with Crippen molar-refractivity contribution >= 4 is 12.1 Å². The first-order valence-electron chi connectivity index (χ1n) is 7.05. The van der Waals surface area contributed by atoms with E-state index in [0.717, 1.165) is 16.8 Å². The van der Waals surface area contributed by atoms with Crippen molar-refractivity contribution in [3.05, 3.63) is 33.1 Å². The van der Waals surface area contributed by atoms with Gasteiger partial charge in [0.2, 0.25) is 6.10 Å². The molecule has 2 saturated heterocycles. The Bertz CT molecular complexity index is 789. The van der Waals surface area contributed by atoms with E-state index in [4.69, 9.17) is 18.9 Å². The molecule has 1 aromatic heterocycles. The lowest BCUT2D eigenvalue weighted by molar-refractivity contribution is -0.219. The molecule has 1 N–H and O–H groups in total. The van der Waals surface area contributed by atoms with Crippen LogP contribution in [0.25, 0.3) is 0 Å². The maximum atomic E-state index is 15.0. The fourth-order valence-electron chi connectivity index (χ4n) is 2.49. The third-order valence-electron chi connectivity index (χ3n) is 3.62. The fraction of sp³-hybridized carbons (Fsp3) is 0.538. The van der Waals surface area contributed by atoms with Gasteiger partial charge in [0.1, 0.15) is 0 Å². The van der Waals surface area contributed by atoms with Crippen molar-refractivity contribution < 1.29 is 32.9 Å². The van der Waals surface area contributed by atoms with Gasteiger partial charge in [-0.25, -0.2) is 14.0 Å². The summed E-state index contributed by atoms with van der Waals surface area (Å²) in [5, 5.41) is 0. The molecule has 130 valence electrons. The molecule has 0 saturated carbocycles. The molecule has 2 aliphatic heterocycles. The van der Waals surface area contributed by atoms with E-state index in [1.165, 1.54) is 6.92 Å². The van der Waals surface area contributed by atoms with Gasteiger partial charge in [0.15, 0.2) is 18.9 Å². The van der Waals surface area contributed by atoms with Crippen LogP contribution in [0.2, 0.25) is 0 Å². The third-order valence-corrected chi connectivity index (χ3v) is 3.62. The minimum absolute atomic E-state index is 0.0171. The number of ether oxygens (including phenoxy) is 4. The molecular formula is C13H13FN2O8. The Balaban J connectivity index is 1.91. The van der Waals surface area contributed by atoms with Crippen LogP contribution in [0.4, 0.5) is 9.18 Å². The lowest BCUT2D eigenvalue weighted by Crippen LogP contribution is -2.42. The van der Waals surface area contributed by atoms with E-state index >= 15 is 4.39 Å². The van der Waals surface area contributed by atoms with Gasteiger partial charge in [0.25, 0.3) is 11.4 Å². The van der Waals surface area contributed by atoms with Crippen LogP contribution < -0.4 is 11.2 Å². The quantitative estimate of drug-likeness (QED) is 0.731. The fourth-order valence-corrected chi connectivity index (χ4v) is 2.49. The zero-order valence-electron chi connectivity index (χ0n) is 12.4. The molecule has 4 atom stereocenters. The molecule has 2 fully saturated rings. The highest BCUT2D eigenvalue weighted by atomic mass is 19.2. The number of carbonyl (C=O) groups is 2. The van der Waals surface area contributed by atoms with Gasteiger partial charge in [-0.2, -0.15) is 0 Å². The zero-order valence-corrected chi connectivity index (χ0v) is 12.4. The molecule has 0 unspecified atom stereocenters. The van der Waals surface area contributed by atoms with E-state index in [-0.39, 0.29) is 6.42 Å². The number of hydrogen-bond acceptors (Lipinski definition) is 8. The second kappa shape index (κ2) is 5.74. The van der Waals surface area contributed by atoms with Crippen LogP contribution in [-0.2, 0) is 23.7 Å². The molecule has 24 heavy (non-hydrogen) atoms. The van der Waals surface area contributed by atoms with Crippen molar-refractivity contribution in [3.8, 4) is 0 Å². The summed E-state index contributed by atoms with van der Waals surface area (Å²) in [6.07, 6.45) is -4.26. The van der Waals surface area contributed by atoms with Gasteiger partial charge < -0.3 is 18.9 Å². The molecule has 3 heterocycles. The Labute approximate surface area is 133 Å². The number of nitrogens with one attached hydrogen (secondary N) is 1. The lowest BCUT2D eigenvalue weighted by atomic mass is 10.1. The SMILES string of the molecule is CCC(=O)OC[C@@]1(F)O[C@@H](n2ccc(=O)[nH]c2=O)[C@@H]2OC(=O)O[C@@H]21. The van der Waals surface area contributed by atoms with Crippen molar-refractivity contribution in [2.24, 2.45) is 0 Å². The van der Waals surface area contributed by atoms with Gasteiger partial charge in [0, 0.05) is 18.7 Å². The number of fused-ring (bicyclic) bond motifs is 1. The van der Waals surface area contributed by atoms with E-state index in [1.54, 1.807) is 0 Å². The minimum Gasteiger partial charge on any atom is -0.459 e. The lowest BCUT2D eigenvalue weighted by Gasteiger charge is -2.23. The van der Waals surface area contributed by atoms with E-state index in [9.17, 15) is 19.2 Å². The Kier molecular flexibility index (Phi) is 3.87. The highest BCUT2D eigenvalue weighted by Gasteiger charge is 2.65. The number of hydrogen-bond donors (Lipinski definition) is 1. The Morgan fingerprint density at radius 3 is 2.83 bits per heavy atom. The second-order valence-electron chi connectivity index (χ2n) is 5.20. The minimum atomic E-state index is -2.69. The molecule has 0 aromatic carbocycles. The summed E-state index contributed by atoms with van der Waals surface area (Å²) in [6, 6.07) is 1.02. The largest absolute Gasteiger partial charge is 0.509 e. The van der Waals surface area contributed by atoms with Crippen LogP contribution in [0.15, 0.2) is 21.9 Å². The van der Waals surface area contributed by atoms with Gasteiger partial charge in [-0.1, -0.05) is 6.92 Å². The topological polar surface area (TPSA) is 126 Å². The summed E-state index contributed by atoms with van der Waals surface area (Å²) < 4.78 is 35.4. The second-order valence-corrected chi connectivity index (χ2v) is 5.20. The molecule has 1 aromatic rings. The van der Waals surface area contributed by atoms with Crippen molar-refractivity contribution in [2.45, 2.75) is 37.6 Å². The standard InChI is InChI=1S/C13H13FN2O8/c1-2-7(18)21-5-13(14)9-8(22-12(20)23-9)10(24-13)16-4-3-6(17)15-11(16)19/h3-4,8-10H,2,5H2,1H3,(H,15,17,19)/t8-,9+,10-,13-/m1/s1. The van der Waals surface area contributed by atoms with E-state index in [2.05, 4.69) is 0 Å². The molecule has 0 bridgehead atoms. The highest BCUT2D eigenvalue weighted by molar-refractivity contribution is 5.69. The average Bonchev–Trinajstić information content (AvgIpc) is 3.03. The van der Waals surface area contributed by atoms with Gasteiger partial charge in [-0.15, -0.1) is 0 Å². The number of alkyl halides is 1. The summed E-state index contributed by atoms with van der Waals surface area (Å²) in [4.78, 5) is 47.5. The van der Waals surface area contributed by atoms with Crippen molar-refractivity contribution in [2.75, 3.05) is 6.61 Å². The van der Waals surface area contributed by atoms with Crippen LogP contribution >= 0.6 is 0 Å². The Morgan fingerprint density at radius 2 is 2.17 bits per heavy atom. The number of H-pyrrole nitrogens is 1. The summed E-state index contributed by atoms with van der Waals surface area (Å²) in [5.74, 6) is -3.37. The number of aromatic amines is 1. The molecule has 0 aliphatic carbocycles. The van der Waals surface area contributed by atoms with Crippen molar-refractivity contribution in [3.63, 3.8) is 0 Å². The van der Waals surface area contributed by atoms with Crippen LogP contribution in [0, 0.1) is 0 Å². The summed E-state index contributed by atoms with van der Waals surface area (Å²) in [7, 11) is 0. The Morgan fingerprint density at radius 1 is 1.42 bits per heavy atom. The first-order chi connectivity index (χ1) is 11.3. The van der Waals surface area contributed by atoms with Gasteiger partial charge >= 0.3 is 17.8 Å². The molecule has 0 spiro atoms. The number of esters is 1. The average molecular weight is 344 g/mol. The molecule has 0 amide bonds. The first kappa shape index (κ1) is 16.2. The van der Waals surface area contributed by atoms with E-state index in [0.29, 0.717) is 0 Å². The summed E-state index contributed by atoms with van der Waals surface area (Å²) in [5.41, 5.74) is -1.54. The predicted molar refractivity (Wildman–Crippen MR) is 71.7 cm³/mol. The summed E-state index contributed by atoms with van der Waals surface area (Å²) >= 11 is 0. The first-order valence-corrected chi connectivity index (χ1v) is 7.05. The predicted octanol–water partition coefficient (Wildman–Crippen LogP) is -0.412. The van der Waals surface area contributed by atoms with Crippen molar-refractivity contribution in [1.82, 2.24) is 9.55 Å². The van der Waals surface area contributed by atoms with Gasteiger partial charge in [-0.05, 0) is 0 Å². The number of rotatable bonds is 4. The number of halogens is 1. The maximum Gasteiger partial charge on any atom is 0.509 e. The van der Waals surface area contributed by atoms with Crippen LogP contribution in [0.5, 0.6) is 0 Å².